The summed E-state index contributed by atoms with van der Waals surface area (Å²) in [6.45, 7) is 4.25. The molecule has 0 heterocycles. The van der Waals surface area contributed by atoms with E-state index in [-0.39, 0.29) is 5.48 Å². The van der Waals surface area contributed by atoms with E-state index in [1.165, 1.54) is 11.1 Å². The second-order valence-electron chi connectivity index (χ2n) is 3.49. The van der Waals surface area contributed by atoms with Gasteiger partial charge < -0.3 is 5.48 Å². The molecule has 0 saturated carbocycles. The van der Waals surface area contributed by atoms with Crippen LogP contribution in [0.5, 0.6) is 0 Å². The summed E-state index contributed by atoms with van der Waals surface area (Å²) >= 11 is 0. The third-order valence-electron chi connectivity index (χ3n) is 2.19. The molecule has 0 saturated heterocycles. The van der Waals surface area contributed by atoms with Gasteiger partial charge in [0.2, 0.25) is 0 Å². The molecule has 0 bridgehead atoms. The van der Waals surface area contributed by atoms with Gasteiger partial charge in [0.1, 0.15) is 0 Å². The van der Waals surface area contributed by atoms with Crippen LogP contribution in [0, 0.1) is 6.92 Å². The Morgan fingerprint density at radius 3 is 1.44 bits per heavy atom. The number of hydrogen-bond donors (Lipinski definition) is 0. The van der Waals surface area contributed by atoms with Crippen LogP contribution in [-0.2, 0) is 6.42 Å². The van der Waals surface area contributed by atoms with Crippen molar-refractivity contribution >= 4 is 0 Å². The van der Waals surface area contributed by atoms with Crippen molar-refractivity contribution in [3.63, 3.8) is 0 Å². The molecule has 2 N–H and O–H groups in total. The average molecular weight is 216 g/mol. The van der Waals surface area contributed by atoms with E-state index in [9.17, 15) is 0 Å². The molecule has 0 spiro atoms. The minimum Gasteiger partial charge on any atom is -0.412 e. The third-order valence-corrected chi connectivity index (χ3v) is 2.19. The first kappa shape index (κ1) is 14.4. The van der Waals surface area contributed by atoms with Crippen molar-refractivity contribution in [1.82, 2.24) is 0 Å². The van der Waals surface area contributed by atoms with Gasteiger partial charge in [-0.05, 0) is 18.9 Å². The molecule has 1 heteroatoms. The van der Waals surface area contributed by atoms with Crippen LogP contribution in [0.1, 0.15) is 18.1 Å². The summed E-state index contributed by atoms with van der Waals surface area (Å²) in [5.74, 6) is 0. The molecule has 0 fully saturated rings. The molecule has 0 aromatic heterocycles. The molecular formula is C15H20O. The SMILES string of the molecule is CCc1ccccc1.Cc1ccccc1.O. The fraction of sp³-hybridized carbons (Fsp3) is 0.200. The predicted octanol–water partition coefficient (Wildman–Crippen LogP) is 3.42. The Morgan fingerprint density at radius 1 is 0.750 bits per heavy atom. The molecule has 86 valence electrons. The molecule has 0 aliphatic rings. The Balaban J connectivity index is 0.000000267. The molecule has 0 atom stereocenters. The summed E-state index contributed by atoms with van der Waals surface area (Å²) in [7, 11) is 0. The van der Waals surface area contributed by atoms with E-state index in [0.717, 1.165) is 6.42 Å². The first-order valence-electron chi connectivity index (χ1n) is 5.38. The van der Waals surface area contributed by atoms with Gasteiger partial charge in [0.15, 0.2) is 0 Å². The van der Waals surface area contributed by atoms with Gasteiger partial charge in [0.25, 0.3) is 0 Å². The van der Waals surface area contributed by atoms with Gasteiger partial charge in [-0.3, -0.25) is 0 Å². The van der Waals surface area contributed by atoms with Crippen LogP contribution in [0.3, 0.4) is 0 Å². The average Bonchev–Trinajstić information content (AvgIpc) is 2.32. The molecule has 1 nitrogen and oxygen atoms in total. The molecular weight excluding hydrogens is 196 g/mol. The van der Waals surface area contributed by atoms with Crippen molar-refractivity contribution in [2.45, 2.75) is 20.3 Å². The normalized spacial score (nSPS) is 8.38. The molecule has 2 aromatic carbocycles. The number of benzene rings is 2. The fourth-order valence-electron chi connectivity index (χ4n) is 1.25. The molecule has 2 rings (SSSR count). The highest BCUT2D eigenvalue weighted by molar-refractivity contribution is 5.14. The van der Waals surface area contributed by atoms with E-state index in [1.54, 1.807) is 0 Å². The maximum Gasteiger partial charge on any atom is -0.0307 e. The summed E-state index contributed by atoms with van der Waals surface area (Å²) in [4.78, 5) is 0. The Labute approximate surface area is 98.1 Å². The number of hydrogen-bond acceptors (Lipinski definition) is 0. The molecule has 0 aliphatic carbocycles. The van der Waals surface area contributed by atoms with E-state index in [0.29, 0.717) is 0 Å². The molecule has 16 heavy (non-hydrogen) atoms. The summed E-state index contributed by atoms with van der Waals surface area (Å²) in [6, 6.07) is 20.7. The monoisotopic (exact) mass is 216 g/mol. The Bertz CT molecular complexity index is 354. The quantitative estimate of drug-likeness (QED) is 0.699. The largest absolute Gasteiger partial charge is 0.412 e. The predicted molar refractivity (Wildman–Crippen MR) is 70.6 cm³/mol. The van der Waals surface area contributed by atoms with E-state index in [2.05, 4.69) is 50.2 Å². The van der Waals surface area contributed by atoms with E-state index in [4.69, 9.17) is 0 Å². The Morgan fingerprint density at radius 2 is 1.19 bits per heavy atom. The summed E-state index contributed by atoms with van der Waals surface area (Å²) in [5, 5.41) is 0. The highest BCUT2D eigenvalue weighted by atomic mass is 16.0. The summed E-state index contributed by atoms with van der Waals surface area (Å²) in [6.07, 6.45) is 1.14. The van der Waals surface area contributed by atoms with Crippen molar-refractivity contribution in [3.8, 4) is 0 Å². The molecule has 0 aliphatic heterocycles. The van der Waals surface area contributed by atoms with Gasteiger partial charge in [-0.2, -0.15) is 0 Å². The van der Waals surface area contributed by atoms with Crippen LogP contribution in [0.25, 0.3) is 0 Å². The lowest BCUT2D eigenvalue weighted by atomic mass is 10.2. The number of aryl methyl sites for hydroxylation is 2. The standard InChI is InChI=1S/C8H10.C7H8.H2O/c1-2-8-6-4-3-5-7-8;1-7-5-3-2-4-6-7;/h3-7H,2H2,1H3;2-6H,1H3;1H2. The van der Waals surface area contributed by atoms with Crippen LogP contribution in [0.2, 0.25) is 0 Å². The second-order valence-corrected chi connectivity index (χ2v) is 3.49. The van der Waals surface area contributed by atoms with Crippen molar-refractivity contribution in [1.29, 1.82) is 0 Å². The zero-order valence-corrected chi connectivity index (χ0v) is 9.98. The van der Waals surface area contributed by atoms with Gasteiger partial charge in [-0.1, -0.05) is 73.2 Å². The van der Waals surface area contributed by atoms with Crippen molar-refractivity contribution in [3.05, 3.63) is 71.8 Å². The molecule has 0 unspecified atom stereocenters. The molecule has 0 amide bonds. The van der Waals surface area contributed by atoms with Crippen LogP contribution >= 0.6 is 0 Å². The van der Waals surface area contributed by atoms with Crippen molar-refractivity contribution in [2.24, 2.45) is 0 Å². The first-order chi connectivity index (χ1) is 7.33. The zero-order chi connectivity index (χ0) is 10.9. The van der Waals surface area contributed by atoms with Crippen LogP contribution < -0.4 is 0 Å². The van der Waals surface area contributed by atoms with Gasteiger partial charge in [0.05, 0.1) is 0 Å². The van der Waals surface area contributed by atoms with Crippen LogP contribution in [0.4, 0.5) is 0 Å². The van der Waals surface area contributed by atoms with Crippen LogP contribution in [0.15, 0.2) is 60.7 Å². The Hall–Kier alpha value is -1.60. The molecule has 0 radical (unpaired) electrons. The first-order valence-corrected chi connectivity index (χ1v) is 5.38. The van der Waals surface area contributed by atoms with Gasteiger partial charge in [0, 0.05) is 0 Å². The second kappa shape index (κ2) is 8.69. The topological polar surface area (TPSA) is 31.5 Å². The highest BCUT2D eigenvalue weighted by Gasteiger charge is 1.79. The fourth-order valence-corrected chi connectivity index (χ4v) is 1.25. The lowest BCUT2D eigenvalue weighted by molar-refractivity contribution is 0.824. The lowest BCUT2D eigenvalue weighted by Crippen LogP contribution is -1.73. The highest BCUT2D eigenvalue weighted by Crippen LogP contribution is 1.96. The minimum absolute atomic E-state index is 0. The van der Waals surface area contributed by atoms with Crippen LogP contribution in [-0.4, -0.2) is 5.48 Å². The zero-order valence-electron chi connectivity index (χ0n) is 9.98. The van der Waals surface area contributed by atoms with E-state index in [1.807, 2.05) is 24.3 Å². The summed E-state index contributed by atoms with van der Waals surface area (Å²) in [5.41, 5.74) is 2.73. The maximum absolute atomic E-state index is 2.16. The van der Waals surface area contributed by atoms with Crippen molar-refractivity contribution < 1.29 is 5.48 Å². The van der Waals surface area contributed by atoms with E-state index >= 15 is 0 Å². The summed E-state index contributed by atoms with van der Waals surface area (Å²) < 4.78 is 0. The van der Waals surface area contributed by atoms with Crippen molar-refractivity contribution in [2.75, 3.05) is 0 Å². The third kappa shape index (κ3) is 5.99. The van der Waals surface area contributed by atoms with E-state index < -0.39 is 0 Å². The number of rotatable bonds is 1. The maximum atomic E-state index is 2.16. The van der Waals surface area contributed by atoms with Gasteiger partial charge >= 0.3 is 0 Å². The molecule has 2 aromatic rings. The lowest BCUT2D eigenvalue weighted by Gasteiger charge is -1.89. The smallest absolute Gasteiger partial charge is 0.0307 e. The minimum atomic E-state index is 0. The van der Waals surface area contributed by atoms with Gasteiger partial charge in [-0.25, -0.2) is 0 Å². The van der Waals surface area contributed by atoms with Gasteiger partial charge in [-0.15, -0.1) is 0 Å². The Kier molecular flexibility index (Phi) is 7.82.